The Bertz CT molecular complexity index is 609. The van der Waals surface area contributed by atoms with E-state index in [0.29, 0.717) is 25.3 Å². The molecule has 2 heterocycles. The maximum atomic E-state index is 12.6. The lowest BCUT2D eigenvalue weighted by molar-refractivity contribution is 0.0605. The molecule has 1 saturated heterocycles. The first-order chi connectivity index (χ1) is 9.86. The predicted molar refractivity (Wildman–Crippen MR) is 82.0 cm³/mol. The number of aliphatic hydroxyl groups is 1. The molecule has 2 N–H and O–H groups in total. The first-order valence-electron chi connectivity index (χ1n) is 6.94. The largest absolute Gasteiger partial charge is 0.391 e. The van der Waals surface area contributed by atoms with Crippen LogP contribution in [-0.4, -0.2) is 48.6 Å². The van der Waals surface area contributed by atoms with E-state index in [1.165, 1.54) is 16.6 Å². The van der Waals surface area contributed by atoms with Crippen molar-refractivity contribution in [2.75, 3.05) is 25.0 Å². The molecule has 0 aliphatic carbocycles. The summed E-state index contributed by atoms with van der Waals surface area (Å²) in [5.74, 6) is 0.569. The van der Waals surface area contributed by atoms with Crippen molar-refractivity contribution in [3.63, 3.8) is 0 Å². The highest BCUT2D eigenvalue weighted by Gasteiger charge is 2.33. The van der Waals surface area contributed by atoms with Crippen molar-refractivity contribution >= 4 is 27.4 Å². The Morgan fingerprint density at radius 1 is 1.57 bits per heavy atom. The lowest BCUT2D eigenvalue weighted by Gasteiger charge is -2.33. The van der Waals surface area contributed by atoms with Crippen LogP contribution in [0.4, 0.5) is 5.82 Å². The molecule has 6 nitrogen and oxygen atoms in total. The normalized spacial score (nSPS) is 24.0. The molecule has 21 heavy (non-hydrogen) atoms. The number of aliphatic hydroxyl groups excluding tert-OH is 1. The van der Waals surface area contributed by atoms with Crippen LogP contribution >= 0.6 is 11.6 Å². The molecule has 0 radical (unpaired) electrons. The second-order valence-corrected chi connectivity index (χ2v) is 7.57. The molecule has 1 fully saturated rings. The molecular formula is C13H20ClN3O3S. The standard InChI is InChI=1S/C13H20ClN3O3S/c1-3-15-13-11(14)6-10(7-16-13)21(19,20)17-5-4-9(2)12(18)8-17/h6-7,9,12,18H,3-5,8H2,1-2H3,(H,15,16). The van der Waals surface area contributed by atoms with Gasteiger partial charge >= 0.3 is 0 Å². The first kappa shape index (κ1) is 16.5. The average molecular weight is 334 g/mol. The van der Waals surface area contributed by atoms with E-state index in [2.05, 4.69) is 10.3 Å². The number of piperidine rings is 1. The number of nitrogens with one attached hydrogen (secondary N) is 1. The van der Waals surface area contributed by atoms with Crippen LogP contribution in [0.5, 0.6) is 0 Å². The summed E-state index contributed by atoms with van der Waals surface area (Å²) in [5, 5.41) is 13.1. The summed E-state index contributed by atoms with van der Waals surface area (Å²) in [6, 6.07) is 1.40. The molecule has 1 aliphatic heterocycles. The Morgan fingerprint density at radius 2 is 2.29 bits per heavy atom. The van der Waals surface area contributed by atoms with Gasteiger partial charge in [0.05, 0.1) is 11.1 Å². The Morgan fingerprint density at radius 3 is 2.86 bits per heavy atom. The smallest absolute Gasteiger partial charge is 0.244 e. The van der Waals surface area contributed by atoms with Gasteiger partial charge in [-0.1, -0.05) is 18.5 Å². The van der Waals surface area contributed by atoms with Crippen LogP contribution in [-0.2, 0) is 10.0 Å². The van der Waals surface area contributed by atoms with Crippen molar-refractivity contribution in [3.8, 4) is 0 Å². The highest BCUT2D eigenvalue weighted by atomic mass is 35.5. The van der Waals surface area contributed by atoms with Gasteiger partial charge < -0.3 is 10.4 Å². The maximum Gasteiger partial charge on any atom is 0.244 e. The van der Waals surface area contributed by atoms with E-state index < -0.39 is 16.1 Å². The quantitative estimate of drug-likeness (QED) is 0.873. The van der Waals surface area contributed by atoms with Crippen LogP contribution in [0.15, 0.2) is 17.2 Å². The fourth-order valence-corrected chi connectivity index (χ4v) is 3.99. The van der Waals surface area contributed by atoms with Gasteiger partial charge in [0.2, 0.25) is 10.0 Å². The van der Waals surface area contributed by atoms with Gasteiger partial charge in [-0.25, -0.2) is 13.4 Å². The molecule has 1 aliphatic rings. The zero-order valence-electron chi connectivity index (χ0n) is 12.1. The number of anilines is 1. The summed E-state index contributed by atoms with van der Waals surface area (Å²) >= 11 is 6.05. The third-order valence-corrected chi connectivity index (χ3v) is 5.80. The van der Waals surface area contributed by atoms with Crippen LogP contribution in [0.3, 0.4) is 0 Å². The van der Waals surface area contributed by atoms with E-state index >= 15 is 0 Å². The number of hydrogen-bond acceptors (Lipinski definition) is 5. The van der Waals surface area contributed by atoms with Gasteiger partial charge in [-0.05, 0) is 25.3 Å². The van der Waals surface area contributed by atoms with Crippen LogP contribution in [0.2, 0.25) is 5.02 Å². The molecule has 0 saturated carbocycles. The van der Waals surface area contributed by atoms with E-state index in [4.69, 9.17) is 11.6 Å². The number of pyridine rings is 1. The zero-order valence-corrected chi connectivity index (χ0v) is 13.7. The number of hydrogen-bond donors (Lipinski definition) is 2. The lowest BCUT2D eigenvalue weighted by Crippen LogP contribution is -2.45. The van der Waals surface area contributed by atoms with E-state index in [-0.39, 0.29) is 22.4 Å². The second kappa shape index (κ2) is 6.48. The van der Waals surface area contributed by atoms with Crippen molar-refractivity contribution in [1.29, 1.82) is 0 Å². The van der Waals surface area contributed by atoms with Gasteiger partial charge in [0.25, 0.3) is 0 Å². The molecule has 0 aromatic carbocycles. The van der Waals surface area contributed by atoms with Crippen LogP contribution in [0.1, 0.15) is 20.3 Å². The number of rotatable bonds is 4. The van der Waals surface area contributed by atoms with Crippen molar-refractivity contribution in [3.05, 3.63) is 17.3 Å². The molecular weight excluding hydrogens is 314 g/mol. The van der Waals surface area contributed by atoms with Crippen LogP contribution < -0.4 is 5.32 Å². The van der Waals surface area contributed by atoms with E-state index in [1.54, 1.807) is 0 Å². The Labute approximate surface area is 130 Å². The SMILES string of the molecule is CCNc1ncc(S(=O)(=O)N2CCC(C)C(O)C2)cc1Cl. The highest BCUT2D eigenvalue weighted by molar-refractivity contribution is 7.89. The van der Waals surface area contributed by atoms with Crippen LogP contribution in [0.25, 0.3) is 0 Å². The van der Waals surface area contributed by atoms with Gasteiger partial charge in [-0.3, -0.25) is 0 Å². The van der Waals surface area contributed by atoms with Gasteiger partial charge in [-0.15, -0.1) is 0 Å². The Kier molecular flexibility index (Phi) is 5.08. The molecule has 1 aromatic rings. The van der Waals surface area contributed by atoms with E-state index in [9.17, 15) is 13.5 Å². The fraction of sp³-hybridized carbons (Fsp3) is 0.615. The Balaban J connectivity index is 2.25. The summed E-state index contributed by atoms with van der Waals surface area (Å²) in [6.07, 6.45) is 1.29. The molecule has 0 bridgehead atoms. The number of aromatic nitrogens is 1. The minimum absolute atomic E-state index is 0.0518. The lowest BCUT2D eigenvalue weighted by atomic mass is 9.98. The number of sulfonamides is 1. The van der Waals surface area contributed by atoms with Gasteiger partial charge in [0.1, 0.15) is 10.7 Å². The number of nitrogens with zero attached hydrogens (tertiary/aromatic N) is 2. The first-order valence-corrected chi connectivity index (χ1v) is 8.75. The predicted octanol–water partition coefficient (Wildman–Crippen LogP) is 1.56. The highest BCUT2D eigenvalue weighted by Crippen LogP contribution is 2.27. The van der Waals surface area contributed by atoms with Crippen LogP contribution in [0, 0.1) is 5.92 Å². The van der Waals surface area contributed by atoms with Crippen molar-refractivity contribution in [1.82, 2.24) is 9.29 Å². The molecule has 8 heteroatoms. The monoisotopic (exact) mass is 333 g/mol. The van der Waals surface area contributed by atoms with Crippen molar-refractivity contribution in [2.24, 2.45) is 5.92 Å². The Hall–Kier alpha value is -0.890. The summed E-state index contributed by atoms with van der Waals surface area (Å²) in [7, 11) is -3.67. The minimum atomic E-state index is -3.67. The third kappa shape index (κ3) is 3.48. The topological polar surface area (TPSA) is 82.5 Å². The molecule has 0 amide bonds. The summed E-state index contributed by atoms with van der Waals surface area (Å²) in [6.45, 7) is 4.97. The van der Waals surface area contributed by atoms with Gasteiger partial charge in [0.15, 0.2) is 0 Å². The molecule has 2 unspecified atom stereocenters. The third-order valence-electron chi connectivity index (χ3n) is 3.68. The van der Waals surface area contributed by atoms with Crippen molar-refractivity contribution in [2.45, 2.75) is 31.3 Å². The fourth-order valence-electron chi connectivity index (χ4n) is 2.25. The summed E-state index contributed by atoms with van der Waals surface area (Å²) in [5.41, 5.74) is 0. The average Bonchev–Trinajstić information content (AvgIpc) is 2.44. The number of β-amino-alcohol motifs (C(OH)–C–C–N with tert-alkyl or cyclic N) is 1. The van der Waals surface area contributed by atoms with Crippen molar-refractivity contribution < 1.29 is 13.5 Å². The van der Waals surface area contributed by atoms with Gasteiger partial charge in [0, 0.05) is 25.8 Å². The van der Waals surface area contributed by atoms with Gasteiger partial charge in [-0.2, -0.15) is 4.31 Å². The molecule has 0 spiro atoms. The van der Waals surface area contributed by atoms with E-state index in [1.807, 2.05) is 13.8 Å². The molecule has 2 rings (SSSR count). The summed E-state index contributed by atoms with van der Waals surface area (Å²) < 4.78 is 26.4. The number of halogens is 1. The van der Waals surface area contributed by atoms with E-state index in [0.717, 1.165) is 0 Å². The molecule has 118 valence electrons. The maximum absolute atomic E-state index is 12.6. The summed E-state index contributed by atoms with van der Waals surface area (Å²) in [4.78, 5) is 4.10. The molecule has 2 atom stereocenters. The molecule has 1 aromatic heterocycles. The minimum Gasteiger partial charge on any atom is -0.391 e. The second-order valence-electron chi connectivity index (χ2n) is 5.23. The zero-order chi connectivity index (χ0) is 15.6.